The summed E-state index contributed by atoms with van der Waals surface area (Å²) in [7, 11) is 1.88. The van der Waals surface area contributed by atoms with Gasteiger partial charge < -0.3 is 10.4 Å². The number of nitrogens with one attached hydrogen (secondary N) is 1. The fourth-order valence-corrected chi connectivity index (χ4v) is 5.80. The Morgan fingerprint density at radius 1 is 1.34 bits per heavy atom. The lowest BCUT2D eigenvalue weighted by molar-refractivity contribution is 0.137. The van der Waals surface area contributed by atoms with Crippen molar-refractivity contribution in [1.29, 1.82) is 0 Å². The van der Waals surface area contributed by atoms with Crippen LogP contribution in [-0.4, -0.2) is 55.8 Å². The number of nitrogens with zero attached hydrogens (tertiary/aromatic N) is 5. The number of hydrogen-bond donors (Lipinski definition) is 2. The first-order chi connectivity index (χ1) is 16.9. The van der Waals surface area contributed by atoms with Crippen LogP contribution in [-0.2, 0) is 7.05 Å². The molecule has 0 radical (unpaired) electrons. The molecule has 2 N–H and O–H groups in total. The maximum atomic E-state index is 13.9. The first-order valence-corrected chi connectivity index (χ1v) is 13.0. The van der Waals surface area contributed by atoms with Gasteiger partial charge in [-0.05, 0) is 50.9 Å². The van der Waals surface area contributed by atoms with E-state index in [2.05, 4.69) is 15.2 Å². The van der Waals surface area contributed by atoms with E-state index in [1.807, 2.05) is 31.6 Å². The van der Waals surface area contributed by atoms with Crippen molar-refractivity contribution < 1.29 is 9.50 Å². The van der Waals surface area contributed by atoms with E-state index in [4.69, 9.17) is 21.7 Å². The topological polar surface area (TPSA) is 78.6 Å². The van der Waals surface area contributed by atoms with Gasteiger partial charge in [0, 0.05) is 59.3 Å². The number of amidine groups is 1. The minimum Gasteiger partial charge on any atom is -0.393 e. The Bertz CT molecular complexity index is 1250. The van der Waals surface area contributed by atoms with Gasteiger partial charge in [-0.15, -0.1) is 11.3 Å². The monoisotopic (exact) mass is 514 g/mol. The maximum absolute atomic E-state index is 13.9. The highest BCUT2D eigenvalue weighted by Crippen LogP contribution is 2.41. The molecule has 1 saturated heterocycles. The predicted octanol–water partition coefficient (Wildman–Crippen LogP) is 4.41. The summed E-state index contributed by atoms with van der Waals surface area (Å²) in [5.41, 5.74) is 3.37. The molecule has 2 unspecified atom stereocenters. The average Bonchev–Trinajstić information content (AvgIpc) is 3.56. The minimum absolute atomic E-state index is 0.296. The van der Waals surface area contributed by atoms with Gasteiger partial charge >= 0.3 is 0 Å². The number of aromatic nitrogens is 3. The molecule has 10 heteroatoms. The lowest BCUT2D eigenvalue weighted by atomic mass is 9.92. The zero-order chi connectivity index (χ0) is 24.5. The standard InChI is InChI=1S/C25H28ClFN6OS/c1-15(34)12-17-4-3-9-33(17)14-21-22(20-7-10-32(2)31-20)23(18-6-5-16(27)13-19(18)26)30-24(29-21)25-28-8-11-35-25/h5-8,10-11,13,15,17,23,34H,3-4,9,12,14H2,1-2H3,(H,29,30)/t15?,17?,23-/m0/s1. The summed E-state index contributed by atoms with van der Waals surface area (Å²) in [5, 5.41) is 21.3. The van der Waals surface area contributed by atoms with Crippen LogP contribution >= 0.6 is 22.9 Å². The smallest absolute Gasteiger partial charge is 0.163 e. The largest absolute Gasteiger partial charge is 0.393 e. The first-order valence-electron chi connectivity index (χ1n) is 11.7. The Labute approximate surface area is 213 Å². The number of aliphatic hydroxyl groups is 1. The van der Waals surface area contributed by atoms with Crippen LogP contribution in [0.25, 0.3) is 5.57 Å². The summed E-state index contributed by atoms with van der Waals surface area (Å²) in [6, 6.07) is 6.21. The van der Waals surface area contributed by atoms with E-state index < -0.39 is 11.9 Å². The van der Waals surface area contributed by atoms with Crippen molar-refractivity contribution in [3.63, 3.8) is 0 Å². The maximum Gasteiger partial charge on any atom is 0.163 e. The van der Waals surface area contributed by atoms with Crippen LogP contribution in [0.3, 0.4) is 0 Å². The molecule has 0 spiro atoms. The number of halogens is 2. The third-order valence-electron chi connectivity index (χ3n) is 6.48. The molecule has 2 aliphatic heterocycles. The zero-order valence-corrected chi connectivity index (χ0v) is 21.2. The van der Waals surface area contributed by atoms with Crippen LogP contribution < -0.4 is 5.32 Å². The van der Waals surface area contributed by atoms with Crippen LogP contribution in [0.2, 0.25) is 5.02 Å². The van der Waals surface area contributed by atoms with Gasteiger partial charge in [-0.3, -0.25) is 14.6 Å². The van der Waals surface area contributed by atoms with Crippen molar-refractivity contribution in [2.75, 3.05) is 13.1 Å². The summed E-state index contributed by atoms with van der Waals surface area (Å²) in [6.45, 7) is 3.43. The minimum atomic E-state index is -0.481. The predicted molar refractivity (Wildman–Crippen MR) is 137 cm³/mol. The Kier molecular flexibility index (Phi) is 7.02. The number of aliphatic hydroxyl groups excluding tert-OH is 1. The summed E-state index contributed by atoms with van der Waals surface area (Å²) in [6.07, 6.45) is 6.16. The molecule has 0 bridgehead atoms. The van der Waals surface area contributed by atoms with Gasteiger partial charge in [0.2, 0.25) is 0 Å². The summed E-state index contributed by atoms with van der Waals surface area (Å²) >= 11 is 8.06. The highest BCUT2D eigenvalue weighted by atomic mass is 35.5. The van der Waals surface area contributed by atoms with E-state index in [1.165, 1.54) is 23.5 Å². The quantitative estimate of drug-likeness (QED) is 0.488. The van der Waals surface area contributed by atoms with Gasteiger partial charge in [0.1, 0.15) is 11.9 Å². The molecule has 0 saturated carbocycles. The molecule has 7 nitrogen and oxygen atoms in total. The molecule has 2 aromatic heterocycles. The normalized spacial score (nSPS) is 21.8. The van der Waals surface area contributed by atoms with Crippen molar-refractivity contribution in [1.82, 2.24) is 25.0 Å². The summed E-state index contributed by atoms with van der Waals surface area (Å²) in [5.74, 6) is 0.268. The van der Waals surface area contributed by atoms with Crippen LogP contribution in [0.15, 0.2) is 52.7 Å². The fourth-order valence-electron chi connectivity index (χ4n) is 4.94. The lowest BCUT2D eigenvalue weighted by Gasteiger charge is -2.32. The Hall–Kier alpha value is -2.59. The molecular weight excluding hydrogens is 487 g/mol. The number of aliphatic imine (C=N–C) groups is 1. The van der Waals surface area contributed by atoms with E-state index >= 15 is 0 Å². The van der Waals surface area contributed by atoms with Crippen molar-refractivity contribution in [3.8, 4) is 0 Å². The number of likely N-dealkylation sites (tertiary alicyclic amines) is 1. The van der Waals surface area contributed by atoms with Gasteiger partial charge in [-0.25, -0.2) is 9.37 Å². The van der Waals surface area contributed by atoms with Crippen LogP contribution in [0.5, 0.6) is 0 Å². The van der Waals surface area contributed by atoms with Gasteiger partial charge in [-0.2, -0.15) is 5.10 Å². The van der Waals surface area contributed by atoms with Crippen molar-refractivity contribution >= 4 is 34.3 Å². The highest BCUT2D eigenvalue weighted by molar-refractivity contribution is 7.11. The van der Waals surface area contributed by atoms with Crippen LogP contribution in [0.1, 0.15) is 48.5 Å². The summed E-state index contributed by atoms with van der Waals surface area (Å²) in [4.78, 5) is 11.9. The van der Waals surface area contributed by atoms with Gasteiger partial charge in [0.15, 0.2) is 10.8 Å². The van der Waals surface area contributed by atoms with E-state index in [-0.39, 0.29) is 6.10 Å². The SMILES string of the molecule is CC(O)CC1CCCN1CC1=C(c2ccn(C)n2)[C@H](c2ccc(F)cc2Cl)N=C(c2nccs2)N1. The number of benzene rings is 1. The number of thiazole rings is 1. The molecule has 3 aromatic rings. The molecule has 0 aliphatic carbocycles. The zero-order valence-electron chi connectivity index (χ0n) is 19.7. The van der Waals surface area contributed by atoms with Crippen molar-refractivity contribution in [2.24, 2.45) is 12.0 Å². The highest BCUT2D eigenvalue weighted by Gasteiger charge is 2.34. The van der Waals surface area contributed by atoms with E-state index in [0.717, 1.165) is 47.8 Å². The second-order valence-electron chi connectivity index (χ2n) is 9.13. The average molecular weight is 515 g/mol. The Balaban J connectivity index is 1.63. The molecule has 4 heterocycles. The molecule has 1 aromatic carbocycles. The van der Waals surface area contributed by atoms with E-state index in [1.54, 1.807) is 16.9 Å². The lowest BCUT2D eigenvalue weighted by Crippen LogP contribution is -2.40. The second-order valence-corrected chi connectivity index (χ2v) is 10.4. The first kappa shape index (κ1) is 24.1. The van der Waals surface area contributed by atoms with Crippen molar-refractivity contribution in [2.45, 2.75) is 44.4 Å². The summed E-state index contributed by atoms with van der Waals surface area (Å²) < 4.78 is 15.7. The Morgan fingerprint density at radius 3 is 2.89 bits per heavy atom. The molecule has 184 valence electrons. The number of aryl methyl sites for hydroxylation is 1. The van der Waals surface area contributed by atoms with Gasteiger partial charge in [-0.1, -0.05) is 17.7 Å². The van der Waals surface area contributed by atoms with Crippen LogP contribution in [0, 0.1) is 5.82 Å². The van der Waals surface area contributed by atoms with Gasteiger partial charge in [0.05, 0.1) is 11.8 Å². The number of hydrogen-bond acceptors (Lipinski definition) is 7. The van der Waals surface area contributed by atoms with E-state index in [0.29, 0.717) is 29.0 Å². The molecule has 1 fully saturated rings. The second kappa shape index (κ2) is 10.2. The van der Waals surface area contributed by atoms with Crippen molar-refractivity contribution in [3.05, 3.63) is 74.8 Å². The molecule has 35 heavy (non-hydrogen) atoms. The fraction of sp³-hybridized carbons (Fsp3) is 0.400. The van der Waals surface area contributed by atoms with E-state index in [9.17, 15) is 9.50 Å². The molecule has 2 aliphatic rings. The Morgan fingerprint density at radius 2 is 2.20 bits per heavy atom. The third kappa shape index (κ3) is 5.18. The molecule has 3 atom stereocenters. The van der Waals surface area contributed by atoms with Crippen LogP contribution in [0.4, 0.5) is 4.39 Å². The number of rotatable bonds is 7. The molecule has 5 rings (SSSR count). The molecule has 0 amide bonds. The van der Waals surface area contributed by atoms with Gasteiger partial charge in [0.25, 0.3) is 0 Å². The molecular formula is C25H28ClFN6OS. The third-order valence-corrected chi connectivity index (χ3v) is 7.59.